The number of benzene rings is 2. The summed E-state index contributed by atoms with van der Waals surface area (Å²) in [5.41, 5.74) is 1.53. The zero-order valence-electron chi connectivity index (χ0n) is 24.7. The molecule has 0 bridgehead atoms. The van der Waals surface area contributed by atoms with Gasteiger partial charge < -0.3 is 36.8 Å². The maximum absolute atomic E-state index is 12.7. The second kappa shape index (κ2) is 15.0. The van der Waals surface area contributed by atoms with Crippen LogP contribution >= 0.6 is 0 Å². The monoisotopic (exact) mass is 594 g/mol. The Morgan fingerprint density at radius 1 is 0.550 bits per heavy atom. The number of carboxylic acids is 2. The second-order valence-corrected chi connectivity index (χ2v) is 13.9. The fraction of sp³-hybridized carbons (Fsp3) is 0.500. The summed E-state index contributed by atoms with van der Waals surface area (Å²) in [6.07, 6.45) is 0. The van der Waals surface area contributed by atoms with Crippen LogP contribution in [0.2, 0.25) is 0 Å². The molecule has 0 radical (unpaired) electrons. The smallest absolute Gasteiger partial charge is 0.478 e. The van der Waals surface area contributed by atoms with Crippen LogP contribution in [0.25, 0.3) is 11.1 Å². The van der Waals surface area contributed by atoms with E-state index in [0.29, 0.717) is 72.3 Å². The van der Waals surface area contributed by atoms with E-state index in [1.165, 1.54) is 12.1 Å². The van der Waals surface area contributed by atoms with E-state index in [-0.39, 0.29) is 11.1 Å². The third-order valence-electron chi connectivity index (χ3n) is 6.10. The van der Waals surface area contributed by atoms with Crippen molar-refractivity contribution < 1.29 is 46.4 Å². The highest BCUT2D eigenvalue weighted by atomic mass is 28.4. The molecule has 2 aromatic rings. The van der Waals surface area contributed by atoms with Crippen molar-refractivity contribution in [3.63, 3.8) is 0 Å². The highest BCUT2D eigenvalue weighted by Crippen LogP contribution is 2.34. The van der Waals surface area contributed by atoms with Crippen LogP contribution in [-0.4, -0.2) is 79.4 Å². The molecule has 0 spiro atoms. The summed E-state index contributed by atoms with van der Waals surface area (Å²) in [6.45, 7) is 16.3. The minimum atomic E-state index is -3.44. The second-order valence-electron chi connectivity index (χ2n) is 8.75. The summed E-state index contributed by atoms with van der Waals surface area (Å²) in [5.74, 6) is -2.43. The Bertz CT molecular complexity index is 1060. The van der Waals surface area contributed by atoms with Gasteiger partial charge in [0.05, 0.1) is 11.1 Å². The van der Waals surface area contributed by atoms with Crippen molar-refractivity contribution >= 4 is 39.9 Å². The van der Waals surface area contributed by atoms with Crippen molar-refractivity contribution in [2.75, 3.05) is 39.6 Å². The predicted octanol–water partition coefficient (Wildman–Crippen LogP) is 3.88. The van der Waals surface area contributed by atoms with Crippen molar-refractivity contribution in [2.45, 2.75) is 55.4 Å². The summed E-state index contributed by atoms with van der Waals surface area (Å²) in [5, 5.41) is 21.7. The van der Waals surface area contributed by atoms with Gasteiger partial charge in [0.1, 0.15) is 0 Å². The van der Waals surface area contributed by atoms with E-state index in [1.54, 1.807) is 26.0 Å². The van der Waals surface area contributed by atoms with Crippen LogP contribution < -0.4 is 10.4 Å². The minimum absolute atomic E-state index is 0.0766. The molecule has 10 nitrogen and oxygen atoms in total. The normalized spacial score (nSPS) is 12.1. The molecule has 0 aliphatic rings. The Morgan fingerprint density at radius 2 is 0.800 bits per heavy atom. The van der Waals surface area contributed by atoms with Gasteiger partial charge in [-0.3, -0.25) is 0 Å². The predicted molar refractivity (Wildman–Crippen MR) is 156 cm³/mol. The van der Waals surface area contributed by atoms with Gasteiger partial charge in [-0.1, -0.05) is 12.1 Å². The molecule has 0 aliphatic carbocycles. The van der Waals surface area contributed by atoms with Crippen molar-refractivity contribution in [2.24, 2.45) is 0 Å². The molecule has 222 valence electrons. The lowest BCUT2D eigenvalue weighted by Crippen LogP contribution is -2.57. The zero-order valence-corrected chi connectivity index (χ0v) is 26.7. The van der Waals surface area contributed by atoms with Crippen LogP contribution in [-0.2, 0) is 26.6 Å². The summed E-state index contributed by atoms with van der Waals surface area (Å²) in [7, 11) is -6.88. The Hall–Kier alpha value is -2.43. The first kappa shape index (κ1) is 33.8. The number of hydrogen-bond donors (Lipinski definition) is 2. The Morgan fingerprint density at radius 3 is 1.00 bits per heavy atom. The number of carbonyl (C=O) groups is 2. The van der Waals surface area contributed by atoms with E-state index in [1.807, 2.05) is 41.5 Å². The highest BCUT2D eigenvalue weighted by Gasteiger charge is 2.46. The van der Waals surface area contributed by atoms with Gasteiger partial charge >= 0.3 is 29.5 Å². The molecule has 0 saturated carbocycles. The van der Waals surface area contributed by atoms with E-state index in [9.17, 15) is 19.8 Å². The van der Waals surface area contributed by atoms with Gasteiger partial charge in [-0.2, -0.15) is 0 Å². The standard InChI is InChI=1S/C28H42O10Si2/c1-9-33-39(34-10-2,35-11-3)21-15-19(7)25(23(17-21)27(29)30)26-20(8)16-22(18-24(26)28(31)32)40(36-12-4,37-13-5)38-14-6/h15-18H,9-14H2,1-8H3,(H,29,30)(H,31,32). The van der Waals surface area contributed by atoms with E-state index < -0.39 is 29.5 Å². The van der Waals surface area contributed by atoms with Gasteiger partial charge in [0.25, 0.3) is 0 Å². The molecule has 2 aromatic carbocycles. The summed E-state index contributed by atoms with van der Waals surface area (Å²) in [6, 6.07) is 6.51. The molecule has 0 heterocycles. The van der Waals surface area contributed by atoms with Gasteiger partial charge in [-0.15, -0.1) is 0 Å². The molecule has 0 fully saturated rings. The average molecular weight is 595 g/mol. The first-order valence-electron chi connectivity index (χ1n) is 13.6. The molecule has 0 saturated heterocycles. The van der Waals surface area contributed by atoms with Crippen LogP contribution in [0.4, 0.5) is 0 Å². The maximum atomic E-state index is 12.7. The van der Waals surface area contributed by atoms with E-state index in [2.05, 4.69) is 0 Å². The zero-order chi connectivity index (χ0) is 30.1. The number of carboxylic acid groups (broad SMARTS) is 2. The van der Waals surface area contributed by atoms with Crippen LogP contribution in [0, 0.1) is 13.8 Å². The largest absolute Gasteiger partial charge is 0.537 e. The summed E-state index contributed by atoms with van der Waals surface area (Å²) in [4.78, 5) is 25.3. The van der Waals surface area contributed by atoms with Gasteiger partial charge in [0.15, 0.2) is 0 Å². The lowest BCUT2D eigenvalue weighted by atomic mass is 9.88. The first-order valence-corrected chi connectivity index (χ1v) is 17.1. The van der Waals surface area contributed by atoms with Crippen molar-refractivity contribution in [1.82, 2.24) is 0 Å². The fourth-order valence-electron chi connectivity index (χ4n) is 4.82. The summed E-state index contributed by atoms with van der Waals surface area (Å²) < 4.78 is 36.1. The molecule has 0 aliphatic heterocycles. The Kier molecular flexibility index (Phi) is 12.7. The van der Waals surface area contributed by atoms with Crippen LogP contribution in [0.3, 0.4) is 0 Å². The molecule has 0 atom stereocenters. The van der Waals surface area contributed by atoms with Crippen LogP contribution in [0.1, 0.15) is 73.4 Å². The third-order valence-corrected chi connectivity index (χ3v) is 12.1. The Labute approximate surface area is 238 Å². The molecule has 2 N–H and O–H groups in total. The first-order chi connectivity index (χ1) is 19.0. The summed E-state index contributed by atoms with van der Waals surface area (Å²) >= 11 is 0. The molecule has 0 aromatic heterocycles. The van der Waals surface area contributed by atoms with E-state index in [0.717, 1.165) is 0 Å². The number of aryl methyl sites for hydroxylation is 2. The average Bonchev–Trinajstić information content (AvgIpc) is 2.88. The molecule has 0 unspecified atom stereocenters. The molecule has 2 rings (SSSR count). The topological polar surface area (TPSA) is 130 Å². The lowest BCUT2D eigenvalue weighted by Gasteiger charge is -2.30. The van der Waals surface area contributed by atoms with E-state index in [4.69, 9.17) is 26.6 Å². The van der Waals surface area contributed by atoms with Crippen LogP contribution in [0.5, 0.6) is 0 Å². The fourth-order valence-corrected chi connectivity index (χ4v) is 10.0. The van der Waals surface area contributed by atoms with Crippen molar-refractivity contribution in [3.8, 4) is 11.1 Å². The van der Waals surface area contributed by atoms with Gasteiger partial charge in [-0.25, -0.2) is 9.59 Å². The molecular weight excluding hydrogens is 552 g/mol. The molecular formula is C28H42O10Si2. The minimum Gasteiger partial charge on any atom is -0.478 e. The van der Waals surface area contributed by atoms with Crippen molar-refractivity contribution in [3.05, 3.63) is 46.5 Å². The SMILES string of the molecule is CCO[Si](OCC)(OCC)c1cc(C)c(-c2c(C)cc([Si](OCC)(OCC)OCC)cc2C(=O)O)c(C(=O)O)c1. The van der Waals surface area contributed by atoms with Gasteiger partial charge in [0, 0.05) is 61.1 Å². The number of rotatable bonds is 17. The van der Waals surface area contributed by atoms with E-state index >= 15 is 0 Å². The highest BCUT2D eigenvalue weighted by molar-refractivity contribution is 6.76. The van der Waals surface area contributed by atoms with Gasteiger partial charge in [-0.05, 0) is 78.6 Å². The van der Waals surface area contributed by atoms with Crippen LogP contribution in [0.15, 0.2) is 24.3 Å². The van der Waals surface area contributed by atoms with Crippen molar-refractivity contribution in [1.29, 1.82) is 0 Å². The number of aromatic carboxylic acids is 2. The third kappa shape index (κ3) is 7.07. The lowest BCUT2D eigenvalue weighted by molar-refractivity contribution is 0.0683. The molecule has 12 heteroatoms. The Balaban J connectivity index is 2.95. The molecule has 40 heavy (non-hydrogen) atoms. The number of hydrogen-bond acceptors (Lipinski definition) is 8. The quantitative estimate of drug-likeness (QED) is 0.260. The molecule has 0 amide bonds. The van der Waals surface area contributed by atoms with Gasteiger partial charge in [0.2, 0.25) is 0 Å². The maximum Gasteiger partial charge on any atom is 0.537 e.